The molecule has 6 aromatic carbocycles. The van der Waals surface area contributed by atoms with Crippen molar-refractivity contribution >= 4 is 27.2 Å². The zero-order chi connectivity index (χ0) is 33.3. The molecule has 0 aromatic heterocycles. The second kappa shape index (κ2) is 14.5. The summed E-state index contributed by atoms with van der Waals surface area (Å²) in [6, 6.07) is 37.9. The van der Waals surface area contributed by atoms with Gasteiger partial charge >= 0.3 is 0 Å². The maximum atomic E-state index is 12.0. The van der Waals surface area contributed by atoms with Crippen molar-refractivity contribution in [3.05, 3.63) is 130 Å². The number of halogens is 1. The van der Waals surface area contributed by atoms with E-state index in [1.165, 1.54) is 49.5 Å². The van der Waals surface area contributed by atoms with Gasteiger partial charge in [0.15, 0.2) is 0 Å². The fraction of sp³-hybridized carbons (Fsp3) is 0.256. The Labute approximate surface area is 299 Å². The van der Waals surface area contributed by atoms with Crippen LogP contribution in [-0.2, 0) is 13.1 Å². The number of hydrogen-bond donors (Lipinski definition) is 0. The highest BCUT2D eigenvalue weighted by Crippen LogP contribution is 2.50. The number of unbranched alkanes of at least 4 members (excludes halogenated alkanes) is 2. The van der Waals surface area contributed by atoms with E-state index in [1.54, 1.807) is 19.2 Å². The van der Waals surface area contributed by atoms with Crippen LogP contribution in [0.1, 0.15) is 50.7 Å². The zero-order valence-electron chi connectivity index (χ0n) is 28.5. The van der Waals surface area contributed by atoms with E-state index >= 15 is 0 Å². The van der Waals surface area contributed by atoms with Crippen molar-refractivity contribution in [3.8, 4) is 39.1 Å². The number of nitro benzene ring substituents is 1. The third-order valence-corrected chi connectivity index (χ3v) is 10.3. The van der Waals surface area contributed by atoms with E-state index < -0.39 is 0 Å². The molecule has 0 fully saturated rings. The lowest BCUT2D eigenvalue weighted by Gasteiger charge is -2.39. The second-order valence-corrected chi connectivity index (χ2v) is 13.3. The molecule has 0 aliphatic carbocycles. The van der Waals surface area contributed by atoms with Crippen molar-refractivity contribution in [2.24, 2.45) is 0 Å². The Hall–Kier alpha value is -4.52. The molecular formula is C43H43BrN2O3. The van der Waals surface area contributed by atoms with Crippen molar-refractivity contribution in [3.63, 3.8) is 0 Å². The van der Waals surface area contributed by atoms with Gasteiger partial charge in [0, 0.05) is 34.4 Å². The molecule has 1 heterocycles. The molecule has 0 saturated heterocycles. The molecule has 0 radical (unpaired) electrons. The number of nitrogens with zero attached hydrogens (tertiary/aromatic N) is 2. The number of rotatable bonds is 10. The molecule has 250 valence electrons. The smallest absolute Gasteiger partial charge is 0.270 e. The summed E-state index contributed by atoms with van der Waals surface area (Å²) in [5.41, 5.74) is 9.79. The van der Waals surface area contributed by atoms with E-state index in [4.69, 9.17) is 4.74 Å². The van der Waals surface area contributed by atoms with E-state index in [0.29, 0.717) is 0 Å². The Kier molecular flexibility index (Phi) is 10.2. The van der Waals surface area contributed by atoms with Crippen LogP contribution < -0.4 is 21.7 Å². The first kappa shape index (κ1) is 34.3. The number of ether oxygens (including phenoxy) is 1. The molecule has 7 rings (SSSR count). The van der Waals surface area contributed by atoms with Gasteiger partial charge in [0.25, 0.3) is 5.69 Å². The normalized spacial score (nSPS) is 13.3. The lowest BCUT2D eigenvalue weighted by molar-refractivity contribution is -0.953. The zero-order valence-corrected chi connectivity index (χ0v) is 30.1. The molecule has 0 atom stereocenters. The Balaban J connectivity index is 0.00000417. The minimum absolute atomic E-state index is 0. The van der Waals surface area contributed by atoms with Crippen molar-refractivity contribution in [2.45, 2.75) is 52.6 Å². The molecule has 1 aliphatic heterocycles. The predicted molar refractivity (Wildman–Crippen MR) is 198 cm³/mol. The van der Waals surface area contributed by atoms with Gasteiger partial charge in [-0.05, 0) is 80.9 Å². The molecule has 0 amide bonds. The van der Waals surface area contributed by atoms with E-state index in [1.807, 2.05) is 12.1 Å². The molecule has 0 spiro atoms. The number of quaternary nitrogens is 1. The van der Waals surface area contributed by atoms with Crippen molar-refractivity contribution < 1.29 is 31.1 Å². The molecule has 0 unspecified atom stereocenters. The van der Waals surface area contributed by atoms with Gasteiger partial charge in [-0.2, -0.15) is 0 Å². The molecule has 0 bridgehead atoms. The van der Waals surface area contributed by atoms with Crippen LogP contribution in [0, 0.1) is 10.1 Å². The topological polar surface area (TPSA) is 52.4 Å². The first-order chi connectivity index (χ1) is 23.4. The average molecular weight is 716 g/mol. The summed E-state index contributed by atoms with van der Waals surface area (Å²) in [6.45, 7) is 8.50. The highest BCUT2D eigenvalue weighted by Gasteiger charge is 2.37. The lowest BCUT2D eigenvalue weighted by Crippen LogP contribution is -3.00. The van der Waals surface area contributed by atoms with Gasteiger partial charge in [0.05, 0.1) is 25.1 Å². The van der Waals surface area contributed by atoms with E-state index in [9.17, 15) is 10.1 Å². The monoisotopic (exact) mass is 714 g/mol. The molecule has 0 saturated carbocycles. The van der Waals surface area contributed by atoms with Crippen LogP contribution in [0.5, 0.6) is 5.75 Å². The van der Waals surface area contributed by atoms with Crippen LogP contribution in [-0.4, -0.2) is 29.6 Å². The highest BCUT2D eigenvalue weighted by atomic mass is 79.9. The van der Waals surface area contributed by atoms with Gasteiger partial charge in [0.1, 0.15) is 18.8 Å². The van der Waals surface area contributed by atoms with Gasteiger partial charge in [-0.3, -0.25) is 10.1 Å². The predicted octanol–water partition coefficient (Wildman–Crippen LogP) is 8.35. The number of hydrogen-bond acceptors (Lipinski definition) is 3. The van der Waals surface area contributed by atoms with Crippen molar-refractivity contribution in [2.75, 3.05) is 20.2 Å². The maximum Gasteiger partial charge on any atom is 0.270 e. The standard InChI is InChI=1S/C43H43N2O3.BrH/c1-4-6-23-45(24-7-5-2)28-40-38(30-19-21-35(48-3)22-20-30)26-32-13-8-10-17-36(32)42(40)43-37-18-11-9-14-33(37)27-39(41(43)29-45)31-15-12-16-34(25-31)44(46)47;/h8-22,25-27H,4-7,23-24,28-29H2,1-3H3;1H/q+1;/p-1. The fourth-order valence-corrected chi connectivity index (χ4v) is 7.89. The number of nitro groups is 1. The summed E-state index contributed by atoms with van der Waals surface area (Å²) in [5, 5.41) is 16.8. The molecule has 6 heteroatoms. The SMILES string of the molecule is CCCC[N+]1(CCCC)Cc2c(-c3ccc(OC)cc3)cc3ccccc3c2-c2c(c(-c3cccc([N+](=O)[O-])c3)cc3ccccc23)C1.[Br-]. The van der Waals surface area contributed by atoms with Crippen LogP contribution in [0.4, 0.5) is 5.69 Å². The Morgan fingerprint density at radius 2 is 1.20 bits per heavy atom. The first-order valence-corrected chi connectivity index (χ1v) is 17.3. The lowest BCUT2D eigenvalue weighted by atomic mass is 9.82. The summed E-state index contributed by atoms with van der Waals surface area (Å²) in [4.78, 5) is 11.7. The third-order valence-electron chi connectivity index (χ3n) is 10.3. The van der Waals surface area contributed by atoms with Gasteiger partial charge in [-0.1, -0.05) is 99.5 Å². The first-order valence-electron chi connectivity index (χ1n) is 17.3. The molecule has 6 aromatic rings. The van der Waals surface area contributed by atoms with Crippen LogP contribution in [0.3, 0.4) is 0 Å². The number of benzene rings is 6. The minimum atomic E-state index is -0.282. The summed E-state index contributed by atoms with van der Waals surface area (Å²) in [5.74, 6) is 0.847. The van der Waals surface area contributed by atoms with Gasteiger partial charge in [0.2, 0.25) is 0 Å². The average Bonchev–Trinajstić information content (AvgIpc) is 3.28. The molecule has 49 heavy (non-hydrogen) atoms. The van der Waals surface area contributed by atoms with E-state index in [2.05, 4.69) is 98.8 Å². The van der Waals surface area contributed by atoms with Crippen LogP contribution in [0.25, 0.3) is 54.9 Å². The largest absolute Gasteiger partial charge is 1.00 e. The number of methoxy groups -OCH3 is 1. The Morgan fingerprint density at radius 3 is 1.71 bits per heavy atom. The highest BCUT2D eigenvalue weighted by molar-refractivity contribution is 6.12. The third kappa shape index (κ3) is 6.48. The number of fused-ring (bicyclic) bond motifs is 7. The fourth-order valence-electron chi connectivity index (χ4n) is 7.89. The quantitative estimate of drug-likeness (QED) is 0.0815. The summed E-state index contributed by atoms with van der Waals surface area (Å²) in [6.07, 6.45) is 4.54. The van der Waals surface area contributed by atoms with Gasteiger partial charge < -0.3 is 26.2 Å². The number of non-ortho nitro benzene ring substituents is 1. The van der Waals surface area contributed by atoms with Crippen LogP contribution >= 0.6 is 0 Å². The summed E-state index contributed by atoms with van der Waals surface area (Å²) < 4.78 is 6.51. The Bertz CT molecular complexity index is 2130. The van der Waals surface area contributed by atoms with Crippen molar-refractivity contribution in [1.82, 2.24) is 0 Å². The molecule has 1 aliphatic rings. The van der Waals surface area contributed by atoms with E-state index in [-0.39, 0.29) is 27.6 Å². The van der Waals surface area contributed by atoms with E-state index in [0.717, 1.165) is 78.6 Å². The second-order valence-electron chi connectivity index (χ2n) is 13.3. The molecule has 5 nitrogen and oxygen atoms in total. The van der Waals surface area contributed by atoms with Crippen LogP contribution in [0.2, 0.25) is 0 Å². The summed E-state index contributed by atoms with van der Waals surface area (Å²) in [7, 11) is 1.71. The van der Waals surface area contributed by atoms with Gasteiger partial charge in [-0.25, -0.2) is 0 Å². The van der Waals surface area contributed by atoms with Crippen molar-refractivity contribution in [1.29, 1.82) is 0 Å². The summed E-state index contributed by atoms with van der Waals surface area (Å²) >= 11 is 0. The van der Waals surface area contributed by atoms with Gasteiger partial charge in [-0.15, -0.1) is 0 Å². The molecule has 0 N–H and O–H groups in total. The van der Waals surface area contributed by atoms with Crippen LogP contribution in [0.15, 0.2) is 109 Å². The maximum absolute atomic E-state index is 12.0. The minimum Gasteiger partial charge on any atom is -1.00 e. The molecular weight excluding hydrogens is 672 g/mol. The Morgan fingerprint density at radius 1 is 0.673 bits per heavy atom.